The van der Waals surface area contributed by atoms with E-state index in [4.69, 9.17) is 24.8 Å². The van der Waals surface area contributed by atoms with Crippen LogP contribution < -0.4 is 5.73 Å². The Morgan fingerprint density at radius 2 is 1.20 bits per heavy atom. The number of allylic oxidation sites excluding steroid dienone is 9. The SMILES string of the molecule is CC/C=C\C/C=C\C/C=C\C/C=C\C/C=C\CC(=O)OC(COC(=O)CCCCCCCCC)COP(=O)(O)OCC(N)C(=O)O. The molecule has 0 aromatic heterocycles. The van der Waals surface area contributed by atoms with Crippen molar-refractivity contribution < 1.29 is 47.5 Å². The van der Waals surface area contributed by atoms with Crippen molar-refractivity contribution in [3.05, 3.63) is 60.8 Å². The van der Waals surface area contributed by atoms with Crippen molar-refractivity contribution in [1.82, 2.24) is 0 Å². The molecule has 0 aliphatic rings. The van der Waals surface area contributed by atoms with E-state index in [0.29, 0.717) is 12.8 Å². The average molecular weight is 670 g/mol. The fourth-order valence-corrected chi connectivity index (χ4v) is 4.50. The van der Waals surface area contributed by atoms with Gasteiger partial charge in [0.2, 0.25) is 0 Å². The first kappa shape index (κ1) is 43.2. The van der Waals surface area contributed by atoms with Crippen molar-refractivity contribution in [3.8, 4) is 0 Å². The fraction of sp³-hybridized carbons (Fsp3) is 0.618. The molecule has 11 nitrogen and oxygen atoms in total. The highest BCUT2D eigenvalue weighted by Crippen LogP contribution is 2.43. The van der Waals surface area contributed by atoms with Crippen molar-refractivity contribution in [2.24, 2.45) is 5.73 Å². The van der Waals surface area contributed by atoms with Gasteiger partial charge in [0.05, 0.1) is 19.6 Å². The summed E-state index contributed by atoms with van der Waals surface area (Å²) in [6, 6.07) is -1.53. The molecule has 0 aliphatic carbocycles. The van der Waals surface area contributed by atoms with Crippen LogP contribution in [0.5, 0.6) is 0 Å². The largest absolute Gasteiger partial charge is 0.480 e. The molecule has 0 heterocycles. The summed E-state index contributed by atoms with van der Waals surface area (Å²) in [6.07, 6.45) is 30.7. The maximum Gasteiger partial charge on any atom is 0.472 e. The second kappa shape index (κ2) is 29.6. The molecule has 262 valence electrons. The third-order valence-electron chi connectivity index (χ3n) is 6.31. The minimum atomic E-state index is -4.73. The number of phosphoric acid groups is 1. The second-order valence-electron chi connectivity index (χ2n) is 10.6. The van der Waals surface area contributed by atoms with E-state index in [0.717, 1.165) is 51.4 Å². The molecule has 4 N–H and O–H groups in total. The molecular weight excluding hydrogens is 613 g/mol. The van der Waals surface area contributed by atoms with Crippen molar-refractivity contribution in [1.29, 1.82) is 0 Å². The lowest BCUT2D eigenvalue weighted by Gasteiger charge is -2.20. The van der Waals surface area contributed by atoms with Gasteiger partial charge in [0.15, 0.2) is 6.10 Å². The van der Waals surface area contributed by atoms with Crippen molar-refractivity contribution in [2.45, 2.75) is 116 Å². The van der Waals surface area contributed by atoms with Crippen LogP contribution in [-0.2, 0) is 37.5 Å². The quantitative estimate of drug-likeness (QED) is 0.0316. The highest BCUT2D eigenvalue weighted by molar-refractivity contribution is 7.47. The molecule has 0 aromatic carbocycles. The van der Waals surface area contributed by atoms with Gasteiger partial charge >= 0.3 is 25.7 Å². The lowest BCUT2D eigenvalue weighted by molar-refractivity contribution is -0.160. The molecule has 0 aliphatic heterocycles. The smallest absolute Gasteiger partial charge is 0.472 e. The third kappa shape index (κ3) is 28.6. The Morgan fingerprint density at radius 1 is 0.696 bits per heavy atom. The summed E-state index contributed by atoms with van der Waals surface area (Å²) in [5.74, 6) is -2.56. The van der Waals surface area contributed by atoms with Gasteiger partial charge in [-0.25, -0.2) is 4.57 Å². The van der Waals surface area contributed by atoms with E-state index >= 15 is 0 Å². The van der Waals surface area contributed by atoms with E-state index in [9.17, 15) is 23.8 Å². The number of carbonyl (C=O) groups is 3. The molecule has 3 atom stereocenters. The van der Waals surface area contributed by atoms with Crippen LogP contribution in [0, 0.1) is 0 Å². The van der Waals surface area contributed by atoms with E-state index in [1.165, 1.54) is 12.8 Å². The monoisotopic (exact) mass is 669 g/mol. The molecule has 0 fully saturated rings. The van der Waals surface area contributed by atoms with E-state index < -0.39 is 51.1 Å². The Morgan fingerprint density at radius 3 is 1.74 bits per heavy atom. The van der Waals surface area contributed by atoms with Crippen LogP contribution in [0.2, 0.25) is 0 Å². The lowest BCUT2D eigenvalue weighted by Crippen LogP contribution is -2.34. The number of carboxylic acids is 1. The maximum absolute atomic E-state index is 12.4. The minimum absolute atomic E-state index is 0.0727. The molecular formula is C34H56NO10P. The third-order valence-corrected chi connectivity index (χ3v) is 7.26. The molecule has 0 bridgehead atoms. The summed E-state index contributed by atoms with van der Waals surface area (Å²) in [6.45, 7) is 2.47. The normalized spacial score (nSPS) is 14.9. The predicted octanol–water partition coefficient (Wildman–Crippen LogP) is 7.27. The number of nitrogens with two attached hydrogens (primary N) is 1. The standard InChI is InChI=1S/C34H56NO10P/c1-3-5-7-9-11-12-13-14-15-16-17-18-20-22-24-26-33(37)45-30(28-43-46(40,41)44-29-31(35)34(38)39)27-42-32(36)25-23-21-19-10-8-6-4-2/h5,7,11-12,14-15,17-18,22,24,30-31H,3-4,6,8-10,13,16,19-21,23,25-29,35H2,1-2H3,(H,38,39)(H,40,41)/b7-5-,12-11-,15-14-,18-17-,24-22-. The number of esters is 2. The zero-order valence-electron chi connectivity index (χ0n) is 27.6. The molecule has 12 heteroatoms. The number of aliphatic carboxylic acids is 1. The number of carbonyl (C=O) groups excluding carboxylic acids is 2. The number of unbranched alkanes of at least 4 members (excludes halogenated alkanes) is 6. The van der Waals surface area contributed by atoms with Gasteiger partial charge in [-0.3, -0.25) is 23.4 Å². The number of hydrogen-bond acceptors (Lipinski definition) is 9. The molecule has 0 rings (SSSR count). The molecule has 0 aromatic rings. The van der Waals surface area contributed by atoms with Crippen LogP contribution in [-0.4, -0.2) is 59.9 Å². The van der Waals surface area contributed by atoms with Crippen LogP contribution >= 0.6 is 7.82 Å². The Bertz CT molecular complexity index is 1020. The first-order chi connectivity index (χ1) is 22.1. The number of carboxylic acid groups (broad SMARTS) is 1. The zero-order chi connectivity index (χ0) is 34.3. The molecule has 46 heavy (non-hydrogen) atoms. The first-order valence-corrected chi connectivity index (χ1v) is 17.8. The van der Waals surface area contributed by atoms with Crippen LogP contribution in [0.25, 0.3) is 0 Å². The Labute approximate surface area is 275 Å². The Hall–Kier alpha value is -2.82. The van der Waals surface area contributed by atoms with Gasteiger partial charge in [-0.1, -0.05) is 113 Å². The fourth-order valence-electron chi connectivity index (χ4n) is 3.73. The molecule has 0 spiro atoms. The van der Waals surface area contributed by atoms with Gasteiger partial charge in [0.1, 0.15) is 12.6 Å². The topological polar surface area (TPSA) is 172 Å². The molecule has 3 unspecified atom stereocenters. The Balaban J connectivity index is 4.68. The van der Waals surface area contributed by atoms with Gasteiger partial charge in [0.25, 0.3) is 0 Å². The summed E-state index contributed by atoms with van der Waals surface area (Å²) < 4.78 is 32.2. The predicted molar refractivity (Wildman–Crippen MR) is 180 cm³/mol. The summed E-state index contributed by atoms with van der Waals surface area (Å²) in [4.78, 5) is 45.3. The first-order valence-electron chi connectivity index (χ1n) is 16.3. The van der Waals surface area contributed by atoms with E-state index in [-0.39, 0.29) is 19.4 Å². The summed E-state index contributed by atoms with van der Waals surface area (Å²) in [7, 11) is -4.73. The molecule has 0 amide bonds. The number of hydrogen-bond donors (Lipinski definition) is 3. The lowest BCUT2D eigenvalue weighted by atomic mass is 10.1. The van der Waals surface area contributed by atoms with Crippen molar-refractivity contribution >= 4 is 25.7 Å². The van der Waals surface area contributed by atoms with Crippen LogP contribution in [0.3, 0.4) is 0 Å². The minimum Gasteiger partial charge on any atom is -0.480 e. The van der Waals surface area contributed by atoms with E-state index in [1.54, 1.807) is 6.08 Å². The van der Waals surface area contributed by atoms with Crippen molar-refractivity contribution in [2.75, 3.05) is 19.8 Å². The van der Waals surface area contributed by atoms with E-state index in [2.05, 4.69) is 54.8 Å². The van der Waals surface area contributed by atoms with Gasteiger partial charge in [-0.05, 0) is 38.5 Å². The Kier molecular flexibility index (Phi) is 27.8. The van der Waals surface area contributed by atoms with Gasteiger partial charge in [-0.2, -0.15) is 0 Å². The number of ether oxygens (including phenoxy) is 2. The van der Waals surface area contributed by atoms with Crippen LogP contribution in [0.1, 0.15) is 104 Å². The highest BCUT2D eigenvalue weighted by atomic mass is 31.2. The molecule has 0 saturated heterocycles. The zero-order valence-corrected chi connectivity index (χ0v) is 28.5. The van der Waals surface area contributed by atoms with E-state index in [1.807, 2.05) is 18.2 Å². The molecule has 0 saturated carbocycles. The van der Waals surface area contributed by atoms with Gasteiger partial charge in [0, 0.05) is 6.42 Å². The summed E-state index contributed by atoms with van der Waals surface area (Å²) in [5.41, 5.74) is 5.28. The average Bonchev–Trinajstić information content (AvgIpc) is 3.02. The van der Waals surface area contributed by atoms with Crippen molar-refractivity contribution in [3.63, 3.8) is 0 Å². The van der Waals surface area contributed by atoms with Crippen LogP contribution in [0.15, 0.2) is 60.8 Å². The van der Waals surface area contributed by atoms with Gasteiger partial charge < -0.3 is 25.2 Å². The number of phosphoric ester groups is 1. The van der Waals surface area contributed by atoms with Crippen LogP contribution in [0.4, 0.5) is 0 Å². The number of rotatable bonds is 29. The highest BCUT2D eigenvalue weighted by Gasteiger charge is 2.28. The maximum atomic E-state index is 12.4. The second-order valence-corrected chi connectivity index (χ2v) is 12.0. The summed E-state index contributed by atoms with van der Waals surface area (Å²) >= 11 is 0. The summed E-state index contributed by atoms with van der Waals surface area (Å²) in [5, 5.41) is 8.81. The van der Waals surface area contributed by atoms with Gasteiger partial charge in [-0.15, -0.1) is 0 Å². The molecule has 0 radical (unpaired) electrons.